The van der Waals surface area contributed by atoms with Crippen LogP contribution in [0, 0.1) is 55.4 Å². The average Bonchev–Trinajstić information content (AvgIpc) is 2.92. The fraction of sp³-hybridized carbons (Fsp3) is 0.381. The molecule has 0 spiro atoms. The summed E-state index contributed by atoms with van der Waals surface area (Å²) in [6.07, 6.45) is 0. The van der Waals surface area contributed by atoms with E-state index in [0.29, 0.717) is 0 Å². The summed E-state index contributed by atoms with van der Waals surface area (Å²) in [5, 5.41) is 5.28. The second-order valence-electron chi connectivity index (χ2n) is 15.1. The molecule has 228 valence electrons. The molecule has 0 unspecified atom stereocenters. The fourth-order valence-electron chi connectivity index (χ4n) is 7.17. The number of nitrogens with zero attached hydrogens (tertiary/aromatic N) is 2. The van der Waals surface area contributed by atoms with Crippen molar-refractivity contribution < 1.29 is 0 Å². The van der Waals surface area contributed by atoms with E-state index in [2.05, 4.69) is 145 Å². The second-order valence-corrected chi connectivity index (χ2v) is 15.1. The van der Waals surface area contributed by atoms with E-state index in [9.17, 15) is 0 Å². The summed E-state index contributed by atoms with van der Waals surface area (Å²) in [6.45, 7) is 31.4. The summed E-state index contributed by atoms with van der Waals surface area (Å²) in [7, 11) is 0. The molecule has 2 aromatic heterocycles. The van der Waals surface area contributed by atoms with Gasteiger partial charge in [0.05, 0.1) is 22.1 Å². The predicted octanol–water partition coefficient (Wildman–Crippen LogP) is 11.8. The summed E-state index contributed by atoms with van der Waals surface area (Å²) in [6, 6.07) is 17.5. The normalized spacial score (nSPS) is 12.3. The van der Waals surface area contributed by atoms with Crippen molar-refractivity contribution in [3.05, 3.63) is 104 Å². The van der Waals surface area contributed by atoms with Crippen LogP contribution in [0.3, 0.4) is 0 Å². The molecule has 0 atom stereocenters. The SMILES string of the molecule is Cc1c(C)c(C)c2c(C(C)(C)C)c3cccc(C)c3nc2c1C.Cc1cc(C)c2c(C(C)(C)C)c3cccc(C)c3nc2c1. The smallest absolute Gasteiger partial charge is 0.0747 e. The van der Waals surface area contributed by atoms with E-state index < -0.39 is 0 Å². The molecule has 4 aromatic carbocycles. The fourth-order valence-corrected chi connectivity index (χ4v) is 7.17. The van der Waals surface area contributed by atoms with Gasteiger partial charge in [-0.2, -0.15) is 0 Å². The average molecular weight is 583 g/mol. The molecule has 0 saturated carbocycles. The molecule has 44 heavy (non-hydrogen) atoms. The minimum atomic E-state index is 0.0755. The van der Waals surface area contributed by atoms with Crippen LogP contribution in [0.1, 0.15) is 97.2 Å². The molecule has 0 saturated heterocycles. The van der Waals surface area contributed by atoms with Gasteiger partial charge in [0.25, 0.3) is 0 Å². The summed E-state index contributed by atoms with van der Waals surface area (Å²) in [4.78, 5) is 10.1. The zero-order valence-corrected chi connectivity index (χ0v) is 29.5. The zero-order valence-electron chi connectivity index (χ0n) is 29.5. The van der Waals surface area contributed by atoms with Crippen LogP contribution in [0.2, 0.25) is 0 Å². The number of para-hydroxylation sites is 2. The Kier molecular flexibility index (Phi) is 7.90. The topological polar surface area (TPSA) is 25.8 Å². The van der Waals surface area contributed by atoms with Gasteiger partial charge in [0, 0.05) is 21.5 Å². The quantitative estimate of drug-likeness (QED) is 0.166. The van der Waals surface area contributed by atoms with Crippen molar-refractivity contribution in [3.63, 3.8) is 0 Å². The zero-order chi connectivity index (χ0) is 32.5. The van der Waals surface area contributed by atoms with Crippen LogP contribution in [0.25, 0.3) is 43.6 Å². The molecule has 0 N–H and O–H groups in total. The van der Waals surface area contributed by atoms with E-state index in [0.717, 1.165) is 16.6 Å². The molecular formula is C42H50N2. The van der Waals surface area contributed by atoms with Crippen LogP contribution in [-0.4, -0.2) is 9.97 Å². The molecule has 6 rings (SSSR count). The Bertz CT molecular complexity index is 2100. The number of rotatable bonds is 0. The minimum Gasteiger partial charge on any atom is -0.247 e. The van der Waals surface area contributed by atoms with Crippen molar-refractivity contribution in [2.24, 2.45) is 0 Å². The predicted molar refractivity (Wildman–Crippen MR) is 194 cm³/mol. The van der Waals surface area contributed by atoms with Crippen molar-refractivity contribution in [2.75, 3.05) is 0 Å². The first-order chi connectivity index (χ1) is 20.4. The number of aromatic nitrogens is 2. The van der Waals surface area contributed by atoms with Gasteiger partial charge in [-0.15, -0.1) is 0 Å². The van der Waals surface area contributed by atoms with Crippen LogP contribution in [0.15, 0.2) is 48.5 Å². The van der Waals surface area contributed by atoms with Gasteiger partial charge in [-0.3, -0.25) is 0 Å². The van der Waals surface area contributed by atoms with Gasteiger partial charge < -0.3 is 0 Å². The first-order valence-electron chi connectivity index (χ1n) is 16.0. The number of hydrogen-bond acceptors (Lipinski definition) is 2. The molecule has 0 fully saturated rings. The standard InChI is InChI=1S/C22H27N.C20H23N/c1-12-10-9-11-17-19(22(6,7)8)18-15(4)13(2)14(3)16(5)21(18)23-20(12)17;1-12-10-14(3)17-16(11-12)21-19-13(2)8-7-9-15(19)18(17)20(4,5)6/h9-11H,1-8H3;7-11H,1-6H3. The Morgan fingerprint density at radius 1 is 0.455 bits per heavy atom. The first-order valence-corrected chi connectivity index (χ1v) is 16.0. The lowest BCUT2D eigenvalue weighted by atomic mass is 9.79. The maximum Gasteiger partial charge on any atom is 0.0747 e. The first kappa shape index (κ1) is 31.6. The summed E-state index contributed by atoms with van der Waals surface area (Å²) < 4.78 is 0. The van der Waals surface area contributed by atoms with Crippen LogP contribution in [0.4, 0.5) is 0 Å². The van der Waals surface area contributed by atoms with Crippen molar-refractivity contribution in [1.29, 1.82) is 0 Å². The Morgan fingerprint density at radius 3 is 1.45 bits per heavy atom. The molecule has 2 heterocycles. The van der Waals surface area contributed by atoms with Gasteiger partial charge in [0.1, 0.15) is 0 Å². The highest BCUT2D eigenvalue weighted by Gasteiger charge is 2.25. The van der Waals surface area contributed by atoms with E-state index in [1.165, 1.54) is 82.7 Å². The number of hydrogen-bond donors (Lipinski definition) is 0. The lowest BCUT2D eigenvalue weighted by Gasteiger charge is -2.27. The highest BCUT2D eigenvalue weighted by Crippen LogP contribution is 2.41. The van der Waals surface area contributed by atoms with Gasteiger partial charge in [-0.1, -0.05) is 84.0 Å². The van der Waals surface area contributed by atoms with Gasteiger partial charge in [0.15, 0.2) is 0 Å². The summed E-state index contributed by atoms with van der Waals surface area (Å²) in [5.41, 5.74) is 18.2. The summed E-state index contributed by atoms with van der Waals surface area (Å²) >= 11 is 0. The Balaban J connectivity index is 0.000000175. The monoisotopic (exact) mass is 582 g/mol. The van der Waals surface area contributed by atoms with Gasteiger partial charge in [-0.25, -0.2) is 9.97 Å². The molecule has 0 aliphatic rings. The molecule has 0 aliphatic heterocycles. The van der Waals surface area contributed by atoms with Gasteiger partial charge in [0.2, 0.25) is 0 Å². The molecule has 6 aromatic rings. The Morgan fingerprint density at radius 2 is 0.932 bits per heavy atom. The van der Waals surface area contributed by atoms with E-state index in [1.807, 2.05) is 0 Å². The van der Waals surface area contributed by atoms with Crippen LogP contribution < -0.4 is 0 Å². The number of aryl methyl sites for hydroxylation is 6. The highest BCUT2D eigenvalue weighted by molar-refractivity contribution is 6.03. The van der Waals surface area contributed by atoms with E-state index in [-0.39, 0.29) is 10.8 Å². The Labute approximate surface area is 264 Å². The van der Waals surface area contributed by atoms with Crippen LogP contribution in [0.5, 0.6) is 0 Å². The third kappa shape index (κ3) is 5.27. The van der Waals surface area contributed by atoms with Crippen molar-refractivity contribution >= 4 is 43.6 Å². The maximum absolute atomic E-state index is 5.11. The maximum atomic E-state index is 5.11. The van der Waals surface area contributed by atoms with Crippen molar-refractivity contribution in [3.8, 4) is 0 Å². The van der Waals surface area contributed by atoms with Crippen LogP contribution in [-0.2, 0) is 10.8 Å². The molecule has 0 aliphatic carbocycles. The number of pyridine rings is 2. The molecule has 2 nitrogen and oxygen atoms in total. The van der Waals surface area contributed by atoms with Crippen molar-refractivity contribution in [2.45, 2.75) is 108 Å². The Hall–Kier alpha value is -3.78. The van der Waals surface area contributed by atoms with Gasteiger partial charge >= 0.3 is 0 Å². The van der Waals surface area contributed by atoms with E-state index >= 15 is 0 Å². The number of benzene rings is 4. The molecule has 0 radical (unpaired) electrons. The molecule has 0 bridgehead atoms. The molecule has 0 amide bonds. The third-order valence-corrected chi connectivity index (χ3v) is 9.58. The second kappa shape index (κ2) is 11.0. The lowest BCUT2D eigenvalue weighted by Crippen LogP contribution is -2.15. The van der Waals surface area contributed by atoms with E-state index in [4.69, 9.17) is 9.97 Å². The van der Waals surface area contributed by atoms with Crippen molar-refractivity contribution in [1.82, 2.24) is 9.97 Å². The highest BCUT2D eigenvalue weighted by atomic mass is 14.7. The van der Waals surface area contributed by atoms with Gasteiger partial charge in [-0.05, 0) is 128 Å². The summed E-state index contributed by atoms with van der Waals surface area (Å²) in [5.74, 6) is 0. The minimum absolute atomic E-state index is 0.0755. The van der Waals surface area contributed by atoms with Crippen LogP contribution >= 0.6 is 0 Å². The third-order valence-electron chi connectivity index (χ3n) is 9.58. The molecule has 2 heteroatoms. The van der Waals surface area contributed by atoms with E-state index in [1.54, 1.807) is 0 Å². The lowest BCUT2D eigenvalue weighted by molar-refractivity contribution is 0.600. The largest absolute Gasteiger partial charge is 0.247 e. The molecular weight excluding hydrogens is 532 g/mol. The number of fused-ring (bicyclic) bond motifs is 4.